The molecular weight excluding hydrogens is 309 g/mol. The van der Waals surface area contributed by atoms with Crippen LogP contribution in [0, 0.1) is 5.82 Å². The summed E-state index contributed by atoms with van der Waals surface area (Å²) in [6, 6.07) is 13.6. The summed E-state index contributed by atoms with van der Waals surface area (Å²) in [5.74, 6) is 0.987. The van der Waals surface area contributed by atoms with Gasteiger partial charge < -0.3 is 14.4 Å². The number of hydrogen-bond donors (Lipinski definition) is 0. The molecule has 1 unspecified atom stereocenters. The van der Waals surface area contributed by atoms with Gasteiger partial charge in [-0.2, -0.15) is 0 Å². The number of methoxy groups -OCH3 is 1. The average molecular weight is 329 g/mol. The van der Waals surface area contributed by atoms with Crippen molar-refractivity contribution in [1.29, 1.82) is 0 Å². The molecule has 0 aliphatic carbocycles. The van der Waals surface area contributed by atoms with Crippen molar-refractivity contribution in [2.24, 2.45) is 0 Å². The van der Waals surface area contributed by atoms with Gasteiger partial charge in [-0.05, 0) is 29.8 Å². The first-order chi connectivity index (χ1) is 11.6. The number of carbonyl (C=O) groups excluding carboxylic acids is 1. The molecule has 2 aromatic carbocycles. The molecule has 1 aliphatic heterocycles. The van der Waals surface area contributed by atoms with Crippen molar-refractivity contribution in [2.75, 3.05) is 20.2 Å². The molecule has 1 amide bonds. The third-order valence-electron chi connectivity index (χ3n) is 4.09. The Morgan fingerprint density at radius 1 is 1.21 bits per heavy atom. The molecule has 3 rings (SSSR count). The van der Waals surface area contributed by atoms with E-state index in [0.717, 1.165) is 17.7 Å². The Morgan fingerprint density at radius 3 is 2.79 bits per heavy atom. The van der Waals surface area contributed by atoms with Gasteiger partial charge >= 0.3 is 0 Å². The van der Waals surface area contributed by atoms with Gasteiger partial charge in [-0.25, -0.2) is 4.39 Å². The van der Waals surface area contributed by atoms with E-state index in [1.807, 2.05) is 24.3 Å². The van der Waals surface area contributed by atoms with Crippen LogP contribution in [0.1, 0.15) is 12.0 Å². The van der Waals surface area contributed by atoms with E-state index in [0.29, 0.717) is 25.3 Å². The number of rotatable bonds is 5. The zero-order valence-electron chi connectivity index (χ0n) is 13.6. The quantitative estimate of drug-likeness (QED) is 0.846. The number of halogens is 1. The minimum absolute atomic E-state index is 0.0635. The van der Waals surface area contributed by atoms with Gasteiger partial charge in [-0.1, -0.05) is 18.2 Å². The molecular formula is C19H20FNO3. The molecule has 0 N–H and O–H groups in total. The molecule has 5 heteroatoms. The van der Waals surface area contributed by atoms with Crippen molar-refractivity contribution in [1.82, 2.24) is 4.90 Å². The molecule has 1 atom stereocenters. The van der Waals surface area contributed by atoms with Crippen molar-refractivity contribution in [3.05, 3.63) is 59.9 Å². The first-order valence-electron chi connectivity index (χ1n) is 7.97. The number of ether oxygens (including phenoxy) is 2. The molecule has 0 spiro atoms. The third kappa shape index (κ3) is 4.04. The van der Waals surface area contributed by atoms with Crippen LogP contribution in [0.4, 0.5) is 4.39 Å². The summed E-state index contributed by atoms with van der Waals surface area (Å²) in [4.78, 5) is 14.2. The molecule has 4 nitrogen and oxygen atoms in total. The molecule has 2 aromatic rings. The summed E-state index contributed by atoms with van der Waals surface area (Å²) in [5, 5.41) is 0. The molecule has 1 heterocycles. The lowest BCUT2D eigenvalue weighted by Gasteiger charge is -2.17. The summed E-state index contributed by atoms with van der Waals surface area (Å²) >= 11 is 0. The fraction of sp³-hybridized carbons (Fsp3) is 0.316. The molecule has 126 valence electrons. The Balaban J connectivity index is 1.55. The van der Waals surface area contributed by atoms with E-state index in [1.54, 1.807) is 24.1 Å². The average Bonchev–Trinajstić information content (AvgIpc) is 3.04. The summed E-state index contributed by atoms with van der Waals surface area (Å²) in [6.45, 7) is 1.18. The Kier molecular flexibility index (Phi) is 4.99. The molecule has 0 saturated carbocycles. The highest BCUT2D eigenvalue weighted by molar-refractivity contribution is 5.79. The number of nitrogens with zero attached hydrogens (tertiary/aromatic N) is 1. The molecule has 1 aliphatic rings. The van der Waals surface area contributed by atoms with Gasteiger partial charge in [0.25, 0.3) is 0 Å². The summed E-state index contributed by atoms with van der Waals surface area (Å²) in [7, 11) is 1.61. The second-order valence-electron chi connectivity index (χ2n) is 5.85. The number of benzene rings is 2. The fourth-order valence-electron chi connectivity index (χ4n) is 2.85. The lowest BCUT2D eigenvalue weighted by molar-refractivity contribution is -0.129. The predicted molar refractivity (Wildman–Crippen MR) is 88.7 cm³/mol. The molecule has 1 fully saturated rings. The van der Waals surface area contributed by atoms with E-state index < -0.39 is 0 Å². The molecule has 1 saturated heterocycles. The van der Waals surface area contributed by atoms with E-state index in [-0.39, 0.29) is 17.8 Å². The van der Waals surface area contributed by atoms with Crippen LogP contribution in [0.5, 0.6) is 11.5 Å². The van der Waals surface area contributed by atoms with Gasteiger partial charge in [-0.15, -0.1) is 0 Å². The van der Waals surface area contributed by atoms with Gasteiger partial charge in [0.1, 0.15) is 23.4 Å². The zero-order chi connectivity index (χ0) is 16.9. The third-order valence-corrected chi connectivity index (χ3v) is 4.09. The van der Waals surface area contributed by atoms with Crippen LogP contribution in [0.25, 0.3) is 0 Å². The lowest BCUT2D eigenvalue weighted by Crippen LogP contribution is -2.32. The van der Waals surface area contributed by atoms with Gasteiger partial charge in [0.15, 0.2) is 0 Å². The maximum atomic E-state index is 13.2. The number of carbonyl (C=O) groups is 1. The number of likely N-dealkylation sites (tertiary alicyclic amines) is 1. The van der Waals surface area contributed by atoms with Crippen LogP contribution in [0.15, 0.2) is 48.5 Å². The second kappa shape index (κ2) is 7.34. The van der Waals surface area contributed by atoms with E-state index >= 15 is 0 Å². The van der Waals surface area contributed by atoms with Gasteiger partial charge in [-0.3, -0.25) is 4.79 Å². The van der Waals surface area contributed by atoms with Crippen LogP contribution in [-0.2, 0) is 11.2 Å². The van der Waals surface area contributed by atoms with Crippen LogP contribution in [-0.4, -0.2) is 37.1 Å². The molecule has 24 heavy (non-hydrogen) atoms. The highest BCUT2D eigenvalue weighted by atomic mass is 19.1. The Morgan fingerprint density at radius 2 is 2.00 bits per heavy atom. The topological polar surface area (TPSA) is 38.8 Å². The number of amides is 1. The normalized spacial score (nSPS) is 16.9. The second-order valence-corrected chi connectivity index (χ2v) is 5.85. The monoisotopic (exact) mass is 329 g/mol. The first kappa shape index (κ1) is 16.3. The smallest absolute Gasteiger partial charge is 0.227 e. The van der Waals surface area contributed by atoms with E-state index in [1.165, 1.54) is 12.1 Å². The standard InChI is InChI=1S/C19H20FNO3/c1-23-16-6-2-4-14(10-16)11-19(22)21-9-8-18(13-21)24-17-7-3-5-15(20)12-17/h2-7,10,12,18H,8-9,11,13H2,1H3. The van der Waals surface area contributed by atoms with Crippen molar-refractivity contribution in [2.45, 2.75) is 18.9 Å². The largest absolute Gasteiger partial charge is 0.497 e. The maximum Gasteiger partial charge on any atom is 0.227 e. The molecule has 0 bridgehead atoms. The maximum absolute atomic E-state index is 13.2. The predicted octanol–water partition coefficient (Wildman–Crippen LogP) is 3.06. The van der Waals surface area contributed by atoms with Crippen LogP contribution in [0.2, 0.25) is 0 Å². The van der Waals surface area contributed by atoms with Crippen molar-refractivity contribution in [3.8, 4) is 11.5 Å². The van der Waals surface area contributed by atoms with E-state index in [4.69, 9.17) is 9.47 Å². The Hall–Kier alpha value is -2.56. The van der Waals surface area contributed by atoms with E-state index in [9.17, 15) is 9.18 Å². The van der Waals surface area contributed by atoms with Crippen LogP contribution >= 0.6 is 0 Å². The molecule has 0 radical (unpaired) electrons. The first-order valence-corrected chi connectivity index (χ1v) is 7.97. The molecule has 0 aromatic heterocycles. The van der Waals surface area contributed by atoms with Gasteiger partial charge in [0.2, 0.25) is 5.91 Å². The summed E-state index contributed by atoms with van der Waals surface area (Å²) < 4.78 is 24.1. The Bertz CT molecular complexity index is 719. The van der Waals surface area contributed by atoms with Crippen molar-refractivity contribution >= 4 is 5.91 Å². The lowest BCUT2D eigenvalue weighted by atomic mass is 10.1. The summed E-state index contributed by atoms with van der Waals surface area (Å²) in [6.07, 6.45) is 0.991. The van der Waals surface area contributed by atoms with Gasteiger partial charge in [0, 0.05) is 19.0 Å². The SMILES string of the molecule is COc1cccc(CC(=O)N2CCC(Oc3cccc(F)c3)C2)c1. The zero-order valence-corrected chi connectivity index (χ0v) is 13.6. The Labute approximate surface area is 140 Å². The minimum Gasteiger partial charge on any atom is -0.497 e. The van der Waals surface area contributed by atoms with E-state index in [2.05, 4.69) is 0 Å². The van der Waals surface area contributed by atoms with Gasteiger partial charge in [0.05, 0.1) is 20.1 Å². The minimum atomic E-state index is -0.323. The van der Waals surface area contributed by atoms with Crippen molar-refractivity contribution in [3.63, 3.8) is 0 Å². The van der Waals surface area contributed by atoms with Crippen LogP contribution in [0.3, 0.4) is 0 Å². The summed E-state index contributed by atoms with van der Waals surface area (Å²) in [5.41, 5.74) is 0.925. The highest BCUT2D eigenvalue weighted by Crippen LogP contribution is 2.20. The van der Waals surface area contributed by atoms with Crippen LogP contribution < -0.4 is 9.47 Å². The fourth-order valence-corrected chi connectivity index (χ4v) is 2.85. The number of hydrogen-bond acceptors (Lipinski definition) is 3. The highest BCUT2D eigenvalue weighted by Gasteiger charge is 2.27. The van der Waals surface area contributed by atoms with Crippen molar-refractivity contribution < 1.29 is 18.7 Å².